The van der Waals surface area contributed by atoms with Crippen molar-refractivity contribution >= 4 is 5.91 Å². The quantitative estimate of drug-likeness (QED) is 0.816. The fraction of sp³-hybridized carbons (Fsp3) is 0.471. The first-order valence-electron chi connectivity index (χ1n) is 7.82. The summed E-state index contributed by atoms with van der Waals surface area (Å²) in [6, 6.07) is 8.09. The maximum absolute atomic E-state index is 12.0. The molecule has 6 heteroatoms. The van der Waals surface area contributed by atoms with Crippen LogP contribution in [-0.4, -0.2) is 47.8 Å². The van der Waals surface area contributed by atoms with E-state index in [1.54, 1.807) is 14.0 Å². The molecule has 1 fully saturated rings. The summed E-state index contributed by atoms with van der Waals surface area (Å²) in [4.78, 5) is 13.9. The molecule has 3 rings (SSSR count). The van der Waals surface area contributed by atoms with Crippen molar-refractivity contribution in [3.8, 4) is 11.5 Å². The fourth-order valence-electron chi connectivity index (χ4n) is 2.99. The highest BCUT2D eigenvalue weighted by Gasteiger charge is 2.29. The highest BCUT2D eigenvalue weighted by molar-refractivity contribution is 5.78. The van der Waals surface area contributed by atoms with Crippen LogP contribution in [0.5, 0.6) is 0 Å². The molecule has 23 heavy (non-hydrogen) atoms. The molecular weight excluding hydrogens is 294 g/mol. The SMILES string of the molecule is COCCN1CC(Cc2cccc(-c3nnc(C)o3)c2)CC1=O. The molecule has 1 aliphatic heterocycles. The number of aromatic nitrogens is 2. The number of likely N-dealkylation sites (tertiary alicyclic amines) is 1. The van der Waals surface area contributed by atoms with E-state index in [0.717, 1.165) is 18.5 Å². The van der Waals surface area contributed by atoms with Crippen molar-refractivity contribution in [2.24, 2.45) is 5.92 Å². The van der Waals surface area contributed by atoms with Crippen molar-refractivity contribution in [1.82, 2.24) is 15.1 Å². The minimum Gasteiger partial charge on any atom is -0.421 e. The van der Waals surface area contributed by atoms with Gasteiger partial charge in [-0.2, -0.15) is 0 Å². The number of aryl methyl sites for hydroxylation is 1. The van der Waals surface area contributed by atoms with Gasteiger partial charge in [0.1, 0.15) is 0 Å². The van der Waals surface area contributed by atoms with Crippen LogP contribution in [0.25, 0.3) is 11.5 Å². The van der Waals surface area contributed by atoms with Crippen LogP contribution < -0.4 is 0 Å². The van der Waals surface area contributed by atoms with Gasteiger partial charge in [-0.25, -0.2) is 0 Å². The van der Waals surface area contributed by atoms with E-state index in [1.807, 2.05) is 17.0 Å². The molecular formula is C17H21N3O3. The summed E-state index contributed by atoms with van der Waals surface area (Å²) in [6.45, 7) is 3.84. The van der Waals surface area contributed by atoms with E-state index in [2.05, 4.69) is 22.3 Å². The monoisotopic (exact) mass is 315 g/mol. The van der Waals surface area contributed by atoms with Crippen molar-refractivity contribution in [1.29, 1.82) is 0 Å². The van der Waals surface area contributed by atoms with Gasteiger partial charge in [0.25, 0.3) is 0 Å². The summed E-state index contributed by atoms with van der Waals surface area (Å²) in [7, 11) is 1.66. The molecule has 1 atom stereocenters. The van der Waals surface area contributed by atoms with Gasteiger partial charge in [0.2, 0.25) is 17.7 Å². The Hall–Kier alpha value is -2.21. The maximum atomic E-state index is 12.0. The van der Waals surface area contributed by atoms with E-state index < -0.39 is 0 Å². The minimum atomic E-state index is 0.218. The normalized spacial score (nSPS) is 17.9. The molecule has 2 aromatic rings. The molecule has 1 saturated heterocycles. The smallest absolute Gasteiger partial charge is 0.247 e. The van der Waals surface area contributed by atoms with E-state index in [-0.39, 0.29) is 5.91 Å². The predicted octanol–water partition coefficient (Wildman–Crippen LogP) is 2.08. The molecule has 2 heterocycles. The third-order valence-electron chi connectivity index (χ3n) is 4.08. The van der Waals surface area contributed by atoms with Crippen LogP contribution in [0, 0.1) is 12.8 Å². The zero-order valence-corrected chi connectivity index (χ0v) is 13.5. The number of ether oxygens (including phenoxy) is 1. The molecule has 1 aromatic heterocycles. The zero-order valence-electron chi connectivity index (χ0n) is 13.5. The van der Waals surface area contributed by atoms with Gasteiger partial charge >= 0.3 is 0 Å². The van der Waals surface area contributed by atoms with E-state index >= 15 is 0 Å². The van der Waals surface area contributed by atoms with Crippen molar-refractivity contribution in [3.63, 3.8) is 0 Å². The summed E-state index contributed by atoms with van der Waals surface area (Å²) in [6.07, 6.45) is 1.48. The molecule has 1 amide bonds. The van der Waals surface area contributed by atoms with Gasteiger partial charge in [0.05, 0.1) is 6.61 Å². The lowest BCUT2D eigenvalue weighted by atomic mass is 9.97. The first kappa shape index (κ1) is 15.7. The van der Waals surface area contributed by atoms with Crippen molar-refractivity contribution < 1.29 is 13.9 Å². The Bertz CT molecular complexity index is 683. The van der Waals surface area contributed by atoms with Crippen molar-refractivity contribution in [2.75, 3.05) is 26.8 Å². The second-order valence-electron chi connectivity index (χ2n) is 5.93. The highest BCUT2D eigenvalue weighted by Crippen LogP contribution is 2.24. The number of carbonyl (C=O) groups excluding carboxylic acids is 1. The summed E-state index contributed by atoms with van der Waals surface area (Å²) in [5.74, 6) is 1.66. The molecule has 122 valence electrons. The van der Waals surface area contributed by atoms with Crippen molar-refractivity contribution in [3.05, 3.63) is 35.7 Å². The van der Waals surface area contributed by atoms with Gasteiger partial charge < -0.3 is 14.1 Å². The average molecular weight is 315 g/mol. The average Bonchev–Trinajstić information content (AvgIpc) is 3.11. The first-order valence-corrected chi connectivity index (χ1v) is 7.82. The summed E-state index contributed by atoms with van der Waals surface area (Å²) in [5.41, 5.74) is 2.11. The summed E-state index contributed by atoms with van der Waals surface area (Å²) >= 11 is 0. The topological polar surface area (TPSA) is 68.5 Å². The summed E-state index contributed by atoms with van der Waals surface area (Å²) < 4.78 is 10.5. The van der Waals surface area contributed by atoms with Gasteiger partial charge in [-0.1, -0.05) is 12.1 Å². The summed E-state index contributed by atoms with van der Waals surface area (Å²) in [5, 5.41) is 7.92. The van der Waals surface area contributed by atoms with E-state index in [0.29, 0.717) is 37.3 Å². The van der Waals surface area contributed by atoms with E-state index in [9.17, 15) is 4.79 Å². The Labute approximate surface area is 135 Å². The van der Waals surface area contributed by atoms with Crippen molar-refractivity contribution in [2.45, 2.75) is 19.8 Å². The Balaban J connectivity index is 1.66. The van der Waals surface area contributed by atoms with Gasteiger partial charge in [-0.15, -0.1) is 10.2 Å². The second-order valence-corrected chi connectivity index (χ2v) is 5.93. The van der Waals surface area contributed by atoms with Crippen LogP contribution in [-0.2, 0) is 16.0 Å². The predicted molar refractivity (Wildman–Crippen MR) is 84.7 cm³/mol. The lowest BCUT2D eigenvalue weighted by Gasteiger charge is -2.16. The first-order chi connectivity index (χ1) is 11.2. The number of carbonyl (C=O) groups is 1. The third-order valence-corrected chi connectivity index (χ3v) is 4.08. The largest absolute Gasteiger partial charge is 0.421 e. The lowest BCUT2D eigenvalue weighted by Crippen LogP contribution is -2.28. The minimum absolute atomic E-state index is 0.218. The number of benzene rings is 1. The number of amides is 1. The number of nitrogens with zero attached hydrogens (tertiary/aromatic N) is 3. The molecule has 1 aliphatic rings. The Morgan fingerprint density at radius 2 is 2.26 bits per heavy atom. The second kappa shape index (κ2) is 6.91. The van der Waals surface area contributed by atoms with Crippen LogP contribution in [0.1, 0.15) is 17.9 Å². The Morgan fingerprint density at radius 3 is 3.00 bits per heavy atom. The van der Waals surface area contributed by atoms with Crippen LogP contribution in [0.4, 0.5) is 0 Å². The Morgan fingerprint density at radius 1 is 1.39 bits per heavy atom. The molecule has 0 radical (unpaired) electrons. The standard InChI is InChI=1S/C17H21N3O3/c1-12-18-19-17(23-12)15-5-3-4-13(9-15)8-14-10-16(21)20(11-14)6-7-22-2/h3-5,9,14H,6-8,10-11H2,1-2H3. The maximum Gasteiger partial charge on any atom is 0.247 e. The number of rotatable bonds is 6. The molecule has 0 aliphatic carbocycles. The number of hydrogen-bond acceptors (Lipinski definition) is 5. The number of hydrogen-bond donors (Lipinski definition) is 0. The molecule has 0 spiro atoms. The van der Waals surface area contributed by atoms with E-state index in [1.165, 1.54) is 5.56 Å². The van der Waals surface area contributed by atoms with Crippen LogP contribution in [0.15, 0.2) is 28.7 Å². The molecule has 1 unspecified atom stereocenters. The number of methoxy groups -OCH3 is 1. The van der Waals surface area contributed by atoms with Gasteiger partial charge in [0, 0.05) is 39.1 Å². The fourth-order valence-corrected chi connectivity index (χ4v) is 2.99. The van der Waals surface area contributed by atoms with Crippen LogP contribution >= 0.6 is 0 Å². The molecule has 0 N–H and O–H groups in total. The third kappa shape index (κ3) is 3.76. The van der Waals surface area contributed by atoms with E-state index in [4.69, 9.17) is 9.15 Å². The molecule has 0 bridgehead atoms. The molecule has 0 saturated carbocycles. The van der Waals surface area contributed by atoms with Crippen LogP contribution in [0.3, 0.4) is 0 Å². The Kier molecular flexibility index (Phi) is 4.71. The van der Waals surface area contributed by atoms with Crippen LogP contribution in [0.2, 0.25) is 0 Å². The molecule has 1 aromatic carbocycles. The highest BCUT2D eigenvalue weighted by atomic mass is 16.5. The van der Waals surface area contributed by atoms with Gasteiger partial charge in [-0.3, -0.25) is 4.79 Å². The molecule has 6 nitrogen and oxygen atoms in total. The lowest BCUT2D eigenvalue weighted by molar-refractivity contribution is -0.128. The zero-order chi connectivity index (χ0) is 16.2. The van der Waals surface area contributed by atoms with Gasteiger partial charge in [0.15, 0.2) is 0 Å². The van der Waals surface area contributed by atoms with Gasteiger partial charge in [-0.05, 0) is 30.0 Å².